The molecule has 17 heavy (non-hydrogen) atoms. The summed E-state index contributed by atoms with van der Waals surface area (Å²) in [6, 6.07) is 7.63. The van der Waals surface area contributed by atoms with E-state index in [0.717, 1.165) is 11.3 Å². The molecule has 0 saturated carbocycles. The predicted octanol–water partition coefficient (Wildman–Crippen LogP) is 2.64. The summed E-state index contributed by atoms with van der Waals surface area (Å²) in [6.07, 6.45) is 0.661. The number of anilines is 1. The van der Waals surface area contributed by atoms with E-state index in [1.54, 1.807) is 0 Å². The number of para-hydroxylation sites is 1. The van der Waals surface area contributed by atoms with Gasteiger partial charge in [0.25, 0.3) is 0 Å². The summed E-state index contributed by atoms with van der Waals surface area (Å²) < 4.78 is 0. The Balaban J connectivity index is 2.52. The Labute approximate surface area is 101 Å². The normalized spacial score (nSPS) is 16.8. The summed E-state index contributed by atoms with van der Waals surface area (Å²) in [5.74, 6) is -0.182. The van der Waals surface area contributed by atoms with Crippen molar-refractivity contribution in [1.29, 1.82) is 0 Å². The molecular weight excluding hydrogens is 214 g/mol. The lowest BCUT2D eigenvalue weighted by molar-refractivity contribution is -0.121. The SMILES string of the molecule is CC(C)(C)c1ccccc1N1C(=O)CCC1=O. The molecular formula is C14H17NO2. The average Bonchev–Trinajstić information content (AvgIpc) is 2.57. The molecule has 2 rings (SSSR count). The van der Waals surface area contributed by atoms with E-state index >= 15 is 0 Å². The highest BCUT2D eigenvalue weighted by molar-refractivity contribution is 6.20. The van der Waals surface area contributed by atoms with Crippen LogP contribution in [0.4, 0.5) is 5.69 Å². The summed E-state index contributed by atoms with van der Waals surface area (Å²) in [5, 5.41) is 0. The molecule has 1 aliphatic rings. The van der Waals surface area contributed by atoms with Gasteiger partial charge in [-0.15, -0.1) is 0 Å². The van der Waals surface area contributed by atoms with Crippen LogP contribution in [-0.4, -0.2) is 11.8 Å². The van der Waals surface area contributed by atoms with Gasteiger partial charge in [-0.2, -0.15) is 0 Å². The second-order valence-electron chi connectivity index (χ2n) is 5.39. The summed E-state index contributed by atoms with van der Waals surface area (Å²) in [6.45, 7) is 6.24. The lowest BCUT2D eigenvalue weighted by atomic mass is 9.85. The molecule has 2 amide bonds. The summed E-state index contributed by atoms with van der Waals surface area (Å²) >= 11 is 0. The molecule has 1 fully saturated rings. The van der Waals surface area contributed by atoms with Gasteiger partial charge in [0.05, 0.1) is 5.69 Å². The van der Waals surface area contributed by atoms with E-state index in [2.05, 4.69) is 20.8 Å². The van der Waals surface area contributed by atoms with Crippen molar-refractivity contribution < 1.29 is 9.59 Å². The fourth-order valence-electron chi connectivity index (χ4n) is 2.15. The van der Waals surface area contributed by atoms with Crippen molar-refractivity contribution in [3.63, 3.8) is 0 Å². The molecule has 90 valence electrons. The van der Waals surface area contributed by atoms with Gasteiger partial charge < -0.3 is 0 Å². The van der Waals surface area contributed by atoms with Crippen LogP contribution < -0.4 is 4.90 Å². The van der Waals surface area contributed by atoms with E-state index < -0.39 is 0 Å². The number of rotatable bonds is 1. The minimum absolute atomic E-state index is 0.0836. The Hall–Kier alpha value is -1.64. The number of imide groups is 1. The Morgan fingerprint density at radius 3 is 2.06 bits per heavy atom. The van der Waals surface area contributed by atoms with Crippen LogP contribution in [0.25, 0.3) is 0 Å². The van der Waals surface area contributed by atoms with E-state index in [1.807, 2.05) is 24.3 Å². The van der Waals surface area contributed by atoms with Crippen LogP contribution in [0.5, 0.6) is 0 Å². The van der Waals surface area contributed by atoms with Crippen LogP contribution >= 0.6 is 0 Å². The lowest BCUT2D eigenvalue weighted by Gasteiger charge is -2.26. The van der Waals surface area contributed by atoms with E-state index in [4.69, 9.17) is 0 Å². The second-order valence-corrected chi connectivity index (χ2v) is 5.39. The molecule has 1 aliphatic heterocycles. The molecule has 0 spiro atoms. The van der Waals surface area contributed by atoms with E-state index in [9.17, 15) is 9.59 Å². The maximum atomic E-state index is 11.8. The summed E-state index contributed by atoms with van der Waals surface area (Å²) in [7, 11) is 0. The Kier molecular flexibility index (Phi) is 2.77. The number of nitrogens with zero attached hydrogens (tertiary/aromatic N) is 1. The third-order valence-corrected chi connectivity index (χ3v) is 3.00. The first kappa shape index (κ1) is 11.8. The van der Waals surface area contributed by atoms with Crippen molar-refractivity contribution in [2.45, 2.75) is 39.0 Å². The largest absolute Gasteiger partial charge is 0.274 e. The molecule has 0 aromatic heterocycles. The summed E-state index contributed by atoms with van der Waals surface area (Å²) in [4.78, 5) is 24.9. The molecule has 0 aliphatic carbocycles. The standard InChI is InChI=1S/C14H17NO2/c1-14(2,3)10-6-4-5-7-11(10)15-12(16)8-9-13(15)17/h4-7H,8-9H2,1-3H3. The fourth-order valence-corrected chi connectivity index (χ4v) is 2.15. The first-order valence-corrected chi connectivity index (χ1v) is 5.86. The van der Waals surface area contributed by atoms with Crippen molar-refractivity contribution >= 4 is 17.5 Å². The third kappa shape index (κ3) is 2.09. The topological polar surface area (TPSA) is 37.4 Å². The monoisotopic (exact) mass is 231 g/mol. The smallest absolute Gasteiger partial charge is 0.234 e. The van der Waals surface area contributed by atoms with Crippen LogP contribution in [-0.2, 0) is 15.0 Å². The van der Waals surface area contributed by atoms with Crippen molar-refractivity contribution in [1.82, 2.24) is 0 Å². The molecule has 1 heterocycles. The predicted molar refractivity (Wildman–Crippen MR) is 66.9 cm³/mol. The van der Waals surface area contributed by atoms with E-state index in [-0.39, 0.29) is 17.2 Å². The van der Waals surface area contributed by atoms with Crippen molar-refractivity contribution in [3.8, 4) is 0 Å². The first-order valence-electron chi connectivity index (χ1n) is 5.86. The van der Waals surface area contributed by atoms with Gasteiger partial charge in [0, 0.05) is 12.8 Å². The molecule has 1 aromatic rings. The van der Waals surface area contributed by atoms with Gasteiger partial charge in [-0.3, -0.25) is 14.5 Å². The van der Waals surface area contributed by atoms with Crippen molar-refractivity contribution in [2.75, 3.05) is 4.90 Å². The van der Waals surface area contributed by atoms with Crippen LogP contribution in [0.1, 0.15) is 39.2 Å². The number of carbonyl (C=O) groups is 2. The van der Waals surface area contributed by atoms with Crippen molar-refractivity contribution in [3.05, 3.63) is 29.8 Å². The lowest BCUT2D eigenvalue weighted by Crippen LogP contribution is -2.31. The quantitative estimate of drug-likeness (QED) is 0.697. The first-order chi connectivity index (χ1) is 7.91. The van der Waals surface area contributed by atoms with Crippen LogP contribution in [0, 0.1) is 0 Å². The fraction of sp³-hybridized carbons (Fsp3) is 0.429. The molecule has 0 bridgehead atoms. The minimum Gasteiger partial charge on any atom is -0.274 e. The zero-order valence-corrected chi connectivity index (χ0v) is 10.5. The highest BCUT2D eigenvalue weighted by atomic mass is 16.2. The Morgan fingerprint density at radius 1 is 1.00 bits per heavy atom. The van der Waals surface area contributed by atoms with Gasteiger partial charge >= 0.3 is 0 Å². The van der Waals surface area contributed by atoms with Crippen molar-refractivity contribution in [2.24, 2.45) is 0 Å². The molecule has 0 unspecified atom stereocenters. The third-order valence-electron chi connectivity index (χ3n) is 3.00. The van der Waals surface area contributed by atoms with Gasteiger partial charge in [0.2, 0.25) is 11.8 Å². The molecule has 0 N–H and O–H groups in total. The number of hydrogen-bond donors (Lipinski definition) is 0. The van der Waals surface area contributed by atoms with Gasteiger partial charge in [-0.25, -0.2) is 0 Å². The molecule has 1 saturated heterocycles. The zero-order valence-electron chi connectivity index (χ0n) is 10.5. The molecule has 0 radical (unpaired) electrons. The highest BCUT2D eigenvalue weighted by Gasteiger charge is 2.33. The zero-order chi connectivity index (χ0) is 12.6. The Bertz CT molecular complexity index is 455. The molecule has 0 atom stereocenters. The average molecular weight is 231 g/mol. The second kappa shape index (κ2) is 3.99. The minimum atomic E-state index is -0.0910. The van der Waals surface area contributed by atoms with Gasteiger partial charge in [-0.1, -0.05) is 39.0 Å². The van der Waals surface area contributed by atoms with Gasteiger partial charge in [-0.05, 0) is 17.0 Å². The number of carbonyl (C=O) groups excluding carboxylic acids is 2. The van der Waals surface area contributed by atoms with Gasteiger partial charge in [0.15, 0.2) is 0 Å². The van der Waals surface area contributed by atoms with Gasteiger partial charge in [0.1, 0.15) is 0 Å². The van der Waals surface area contributed by atoms with Crippen LogP contribution in [0.3, 0.4) is 0 Å². The maximum Gasteiger partial charge on any atom is 0.234 e. The van der Waals surface area contributed by atoms with Crippen LogP contribution in [0.2, 0.25) is 0 Å². The number of benzene rings is 1. The number of hydrogen-bond acceptors (Lipinski definition) is 2. The number of amides is 2. The highest BCUT2D eigenvalue weighted by Crippen LogP contribution is 2.34. The van der Waals surface area contributed by atoms with Crippen LogP contribution in [0.15, 0.2) is 24.3 Å². The van der Waals surface area contributed by atoms with E-state index in [1.165, 1.54) is 4.90 Å². The molecule has 3 nitrogen and oxygen atoms in total. The summed E-state index contributed by atoms with van der Waals surface area (Å²) in [5.41, 5.74) is 1.69. The maximum absolute atomic E-state index is 11.8. The van der Waals surface area contributed by atoms with E-state index in [0.29, 0.717) is 12.8 Å². The molecule has 3 heteroatoms. The Morgan fingerprint density at radius 2 is 1.53 bits per heavy atom. The molecule has 1 aromatic carbocycles.